The number of hydrogen-bond donors (Lipinski definition) is 0. The van der Waals surface area contributed by atoms with Gasteiger partial charge in [0, 0.05) is 10.8 Å². The minimum absolute atomic E-state index is 0.874. The lowest BCUT2D eigenvalue weighted by Crippen LogP contribution is -1.92. The van der Waals surface area contributed by atoms with E-state index in [1.165, 1.54) is 115 Å². The predicted molar refractivity (Wildman–Crippen MR) is 294 cm³/mol. The normalized spacial score (nSPS) is 11.8. The van der Waals surface area contributed by atoms with E-state index < -0.39 is 0 Å². The molecule has 14 rings (SSSR count). The third-order valence-corrected chi connectivity index (χ3v) is 14.5. The zero-order chi connectivity index (χ0) is 45.4. The van der Waals surface area contributed by atoms with E-state index in [0.717, 1.165) is 27.5 Å². The Morgan fingerprint density at radius 3 is 1.13 bits per heavy atom. The summed E-state index contributed by atoms with van der Waals surface area (Å²) in [5, 5.41) is 14.5. The fourth-order valence-electron chi connectivity index (χ4n) is 11.5. The monoisotopic (exact) mass is 874 g/mol. The van der Waals surface area contributed by atoms with Gasteiger partial charge in [-0.3, -0.25) is 0 Å². The lowest BCUT2D eigenvalue weighted by atomic mass is 9.83. The highest BCUT2D eigenvalue weighted by molar-refractivity contribution is 6.27. The molecule has 1 aromatic heterocycles. The van der Waals surface area contributed by atoms with Crippen LogP contribution in [0.4, 0.5) is 0 Å². The Balaban J connectivity index is 0.955. The number of hydrogen-bond acceptors (Lipinski definition) is 1. The molecule has 0 aliphatic rings. The highest BCUT2D eigenvalue weighted by Gasteiger charge is 2.23. The summed E-state index contributed by atoms with van der Waals surface area (Å²) in [5.41, 5.74) is 16.3. The van der Waals surface area contributed by atoms with Gasteiger partial charge in [-0.1, -0.05) is 237 Å². The van der Waals surface area contributed by atoms with E-state index in [0.29, 0.717) is 0 Å². The lowest BCUT2D eigenvalue weighted by Gasteiger charge is -2.19. The Morgan fingerprint density at radius 2 is 0.580 bits per heavy atom. The average molecular weight is 875 g/mol. The van der Waals surface area contributed by atoms with Crippen molar-refractivity contribution in [3.05, 3.63) is 255 Å². The summed E-state index contributed by atoms with van der Waals surface area (Å²) in [5.74, 6) is 0. The van der Waals surface area contributed by atoms with E-state index in [2.05, 4.69) is 255 Å². The van der Waals surface area contributed by atoms with E-state index in [1.54, 1.807) is 0 Å². The van der Waals surface area contributed by atoms with Gasteiger partial charge >= 0.3 is 0 Å². The van der Waals surface area contributed by atoms with E-state index >= 15 is 0 Å². The summed E-state index contributed by atoms with van der Waals surface area (Å²) in [6.45, 7) is 0. The van der Waals surface area contributed by atoms with Crippen molar-refractivity contribution >= 4 is 75.8 Å². The smallest absolute Gasteiger partial charge is 0.136 e. The van der Waals surface area contributed by atoms with Gasteiger partial charge in [-0.15, -0.1) is 0 Å². The van der Waals surface area contributed by atoms with Crippen molar-refractivity contribution in [2.24, 2.45) is 0 Å². The standard InChI is InChI=1S/C68H42O/c1-3-18-43(19-4-1)44-34-36-46(37-35-44)64-51-24-9-15-30-57(51)67(58-31-16-10-25-52(58)64)61-32-17-33-62-68(61)60-39-38-47(42-63(60)69-62)65-53-26-11-13-28-55(53)66(56-29-14-12-27-54(56)65)59-41-40-48(45-20-5-2-6-21-45)49-22-7-8-23-50(49)59/h1-42H. The number of furan rings is 1. The zero-order valence-corrected chi connectivity index (χ0v) is 37.7. The van der Waals surface area contributed by atoms with Crippen molar-refractivity contribution in [1.29, 1.82) is 0 Å². The van der Waals surface area contributed by atoms with Crippen LogP contribution in [-0.4, -0.2) is 0 Å². The maximum absolute atomic E-state index is 6.95. The van der Waals surface area contributed by atoms with Gasteiger partial charge in [-0.25, -0.2) is 0 Å². The van der Waals surface area contributed by atoms with Gasteiger partial charge in [-0.05, 0) is 139 Å². The van der Waals surface area contributed by atoms with Crippen molar-refractivity contribution in [1.82, 2.24) is 0 Å². The molecule has 0 bridgehead atoms. The fourth-order valence-corrected chi connectivity index (χ4v) is 11.5. The van der Waals surface area contributed by atoms with Gasteiger partial charge in [0.2, 0.25) is 0 Å². The van der Waals surface area contributed by atoms with Gasteiger partial charge < -0.3 is 4.42 Å². The van der Waals surface area contributed by atoms with Crippen molar-refractivity contribution in [2.75, 3.05) is 0 Å². The molecule has 320 valence electrons. The Kier molecular flexibility index (Phi) is 8.97. The first-order chi connectivity index (χ1) is 34.3. The molecule has 0 radical (unpaired) electrons. The summed E-state index contributed by atoms with van der Waals surface area (Å²) in [4.78, 5) is 0. The van der Waals surface area contributed by atoms with Crippen LogP contribution in [0.25, 0.3) is 143 Å². The Labute approximate surface area is 399 Å². The quantitative estimate of drug-likeness (QED) is 0.152. The molecular weight excluding hydrogens is 833 g/mol. The minimum atomic E-state index is 0.874. The van der Waals surface area contributed by atoms with E-state index in [1.807, 2.05) is 0 Å². The maximum Gasteiger partial charge on any atom is 0.136 e. The van der Waals surface area contributed by atoms with E-state index in [4.69, 9.17) is 4.42 Å². The molecule has 0 amide bonds. The van der Waals surface area contributed by atoms with Gasteiger partial charge in [0.25, 0.3) is 0 Å². The largest absolute Gasteiger partial charge is 0.456 e. The first kappa shape index (κ1) is 39.2. The van der Waals surface area contributed by atoms with Gasteiger partial charge in [-0.2, -0.15) is 0 Å². The fraction of sp³-hybridized carbons (Fsp3) is 0. The highest BCUT2D eigenvalue weighted by Crippen LogP contribution is 2.50. The van der Waals surface area contributed by atoms with Gasteiger partial charge in [0.1, 0.15) is 11.2 Å². The van der Waals surface area contributed by atoms with Crippen LogP contribution in [0.1, 0.15) is 0 Å². The van der Waals surface area contributed by atoms with Crippen LogP contribution < -0.4 is 0 Å². The van der Waals surface area contributed by atoms with Crippen LogP contribution in [0, 0.1) is 0 Å². The molecule has 13 aromatic carbocycles. The average Bonchev–Trinajstić information content (AvgIpc) is 3.80. The molecule has 0 spiro atoms. The third-order valence-electron chi connectivity index (χ3n) is 14.5. The van der Waals surface area contributed by atoms with Crippen molar-refractivity contribution in [3.63, 3.8) is 0 Å². The van der Waals surface area contributed by atoms with Crippen LogP contribution in [0.15, 0.2) is 259 Å². The summed E-state index contributed by atoms with van der Waals surface area (Å²) in [6, 6.07) is 93.0. The van der Waals surface area contributed by atoms with Crippen molar-refractivity contribution in [3.8, 4) is 66.8 Å². The number of benzene rings is 13. The predicted octanol–water partition coefficient (Wildman–Crippen LogP) is 19.4. The second-order valence-corrected chi connectivity index (χ2v) is 18.2. The van der Waals surface area contributed by atoms with Crippen molar-refractivity contribution < 1.29 is 4.42 Å². The second-order valence-electron chi connectivity index (χ2n) is 18.2. The Hall–Kier alpha value is -9.04. The molecule has 69 heavy (non-hydrogen) atoms. The molecule has 0 atom stereocenters. The molecule has 0 unspecified atom stereocenters. The molecule has 0 fully saturated rings. The number of fused-ring (bicyclic) bond motifs is 8. The van der Waals surface area contributed by atoms with Crippen molar-refractivity contribution in [2.45, 2.75) is 0 Å². The first-order valence-corrected chi connectivity index (χ1v) is 23.8. The second kappa shape index (κ2) is 15.8. The SMILES string of the molecule is c1ccc(-c2ccc(-c3c4ccccc4c(-c4cccc5oc6cc(-c7c8ccccc8c(-c8ccc(-c9ccccc9)c9ccccc89)c8ccccc78)ccc6c45)c4ccccc34)cc2)cc1. The first-order valence-electron chi connectivity index (χ1n) is 23.8. The summed E-state index contributed by atoms with van der Waals surface area (Å²) in [7, 11) is 0. The van der Waals surface area contributed by atoms with Crippen LogP contribution in [-0.2, 0) is 0 Å². The van der Waals surface area contributed by atoms with E-state index in [9.17, 15) is 0 Å². The zero-order valence-electron chi connectivity index (χ0n) is 37.7. The van der Waals surface area contributed by atoms with Gasteiger partial charge in [0.05, 0.1) is 0 Å². The summed E-state index contributed by atoms with van der Waals surface area (Å²) >= 11 is 0. The highest BCUT2D eigenvalue weighted by atomic mass is 16.3. The Morgan fingerprint density at radius 1 is 0.188 bits per heavy atom. The molecule has 0 saturated carbocycles. The molecule has 1 heteroatoms. The molecule has 0 aliphatic heterocycles. The molecule has 1 nitrogen and oxygen atoms in total. The molecule has 0 N–H and O–H groups in total. The molecule has 0 saturated heterocycles. The van der Waals surface area contributed by atoms with Crippen LogP contribution >= 0.6 is 0 Å². The summed E-state index contributed by atoms with van der Waals surface area (Å²) in [6.07, 6.45) is 0. The van der Waals surface area contributed by atoms with Gasteiger partial charge in [0.15, 0.2) is 0 Å². The third kappa shape index (κ3) is 6.18. The molecule has 14 aromatic rings. The minimum Gasteiger partial charge on any atom is -0.456 e. The molecule has 1 heterocycles. The van der Waals surface area contributed by atoms with Crippen LogP contribution in [0.2, 0.25) is 0 Å². The van der Waals surface area contributed by atoms with E-state index in [-0.39, 0.29) is 0 Å². The molecule has 0 aliphatic carbocycles. The number of rotatable bonds is 6. The maximum atomic E-state index is 6.95. The van der Waals surface area contributed by atoms with Crippen LogP contribution in [0.5, 0.6) is 0 Å². The molecular formula is C68H42O. The summed E-state index contributed by atoms with van der Waals surface area (Å²) < 4.78 is 6.95. The lowest BCUT2D eigenvalue weighted by molar-refractivity contribution is 0.669. The topological polar surface area (TPSA) is 13.1 Å². The van der Waals surface area contributed by atoms with Crippen LogP contribution in [0.3, 0.4) is 0 Å². The Bertz CT molecular complexity index is 4220.